The Bertz CT molecular complexity index is 743. The van der Waals surface area contributed by atoms with Gasteiger partial charge in [-0.15, -0.1) is 0 Å². The summed E-state index contributed by atoms with van der Waals surface area (Å²) in [5.74, 6) is -1.28. The second-order valence-electron chi connectivity index (χ2n) is 7.41. The lowest BCUT2D eigenvalue weighted by atomic mass is 9.88. The minimum absolute atomic E-state index is 0.0944. The summed E-state index contributed by atoms with van der Waals surface area (Å²) in [6.07, 6.45) is 0.693. The molecule has 0 bridgehead atoms. The molecule has 1 aliphatic rings. The van der Waals surface area contributed by atoms with Crippen molar-refractivity contribution in [2.24, 2.45) is 5.16 Å². The molecule has 1 aliphatic heterocycles. The average Bonchev–Trinajstić information content (AvgIpc) is 2.62. The van der Waals surface area contributed by atoms with Gasteiger partial charge in [-0.25, -0.2) is 0 Å². The van der Waals surface area contributed by atoms with Crippen LogP contribution >= 0.6 is 0 Å². The van der Waals surface area contributed by atoms with E-state index in [2.05, 4.69) is 49.1 Å². The predicted molar refractivity (Wildman–Crippen MR) is 107 cm³/mol. The second-order valence-corrected chi connectivity index (χ2v) is 11.8. The highest BCUT2D eigenvalue weighted by Crippen LogP contribution is 2.42. The summed E-state index contributed by atoms with van der Waals surface area (Å²) < 4.78 is 12.5. The van der Waals surface area contributed by atoms with Crippen LogP contribution in [0.15, 0.2) is 65.8 Å². The normalized spacial score (nSPS) is 23.2. The van der Waals surface area contributed by atoms with Crippen LogP contribution in [-0.2, 0) is 14.0 Å². The molecule has 2 aromatic carbocycles. The van der Waals surface area contributed by atoms with E-state index >= 15 is 0 Å². The van der Waals surface area contributed by atoms with Crippen molar-refractivity contribution in [1.82, 2.24) is 0 Å². The molecule has 0 aliphatic carbocycles. The Hall–Kier alpha value is -1.95. The van der Waals surface area contributed by atoms with Crippen LogP contribution in [0, 0.1) is 0 Å². The highest BCUT2D eigenvalue weighted by atomic mass is 28.4. The molecule has 1 heterocycles. The van der Waals surface area contributed by atoms with Gasteiger partial charge in [-0.05, 0) is 37.7 Å². The van der Waals surface area contributed by atoms with Crippen LogP contribution in [-0.4, -0.2) is 26.6 Å². The molecule has 138 valence electrons. The largest absolute Gasteiger partial charge is 0.358 e. The van der Waals surface area contributed by atoms with Gasteiger partial charge in [0.2, 0.25) is 0 Å². The van der Waals surface area contributed by atoms with E-state index in [1.165, 1.54) is 0 Å². The van der Waals surface area contributed by atoms with E-state index in [9.17, 15) is 0 Å². The first-order valence-electron chi connectivity index (χ1n) is 9.13. The molecule has 0 N–H and O–H groups in total. The first kappa shape index (κ1) is 18.8. The number of ether oxygens (including phenoxy) is 1. The molecule has 0 radical (unpaired) electrons. The number of benzene rings is 2. The zero-order valence-electron chi connectivity index (χ0n) is 15.9. The second kappa shape index (κ2) is 7.74. The van der Waals surface area contributed by atoms with Gasteiger partial charge in [0, 0.05) is 6.42 Å². The number of rotatable bonds is 6. The first-order chi connectivity index (χ1) is 12.4. The summed E-state index contributed by atoms with van der Waals surface area (Å²) in [5, 5.41) is 4.42. The molecule has 0 spiro atoms. The van der Waals surface area contributed by atoms with E-state index in [1.54, 1.807) is 0 Å². The predicted octanol–water partition coefficient (Wildman–Crippen LogP) is 5.14. The number of hydrogen-bond acceptors (Lipinski definition) is 4. The maximum absolute atomic E-state index is 6.45. The highest BCUT2D eigenvalue weighted by Gasteiger charge is 2.51. The summed E-state index contributed by atoms with van der Waals surface area (Å²) in [7, 11) is -1.95. The fourth-order valence-electron chi connectivity index (χ4n) is 3.22. The van der Waals surface area contributed by atoms with E-state index in [0.29, 0.717) is 13.0 Å². The smallest absolute Gasteiger partial charge is 0.348 e. The monoisotopic (exact) mass is 369 g/mol. The van der Waals surface area contributed by atoms with Gasteiger partial charge in [0.25, 0.3) is 0 Å². The van der Waals surface area contributed by atoms with Gasteiger partial charge in [0.15, 0.2) is 8.32 Å². The molecular formula is C21H27NO3Si. The molecule has 0 aromatic heterocycles. The van der Waals surface area contributed by atoms with Crippen LogP contribution in [0.4, 0.5) is 0 Å². The SMILES string of the molecule is CCOC1(O[Si](C)(C)C)ON=C(c2ccccc2)CC1c1ccccc1. The third kappa shape index (κ3) is 4.23. The summed E-state index contributed by atoms with van der Waals surface area (Å²) in [4.78, 5) is 5.99. The van der Waals surface area contributed by atoms with Crippen molar-refractivity contribution >= 4 is 14.0 Å². The lowest BCUT2D eigenvalue weighted by Gasteiger charge is -2.43. The average molecular weight is 370 g/mol. The topological polar surface area (TPSA) is 40.0 Å². The number of oxime groups is 1. The third-order valence-corrected chi connectivity index (χ3v) is 5.11. The standard InChI is InChI=1S/C21H27NO3Si/c1-5-23-21(25-26(2,3)4)19(17-12-8-6-9-13-17)16-20(22-24-21)18-14-10-7-11-15-18/h6-15,19H,5,16H2,1-4H3. The highest BCUT2D eigenvalue weighted by molar-refractivity contribution is 6.69. The molecule has 26 heavy (non-hydrogen) atoms. The van der Waals surface area contributed by atoms with Gasteiger partial charge < -0.3 is 14.0 Å². The van der Waals surface area contributed by atoms with Gasteiger partial charge in [0.1, 0.15) is 0 Å². The van der Waals surface area contributed by atoms with E-state index < -0.39 is 14.3 Å². The number of hydrogen-bond donors (Lipinski definition) is 0. The molecule has 2 aromatic rings. The van der Waals surface area contributed by atoms with E-state index in [-0.39, 0.29) is 5.92 Å². The van der Waals surface area contributed by atoms with Gasteiger partial charge in [-0.2, -0.15) is 0 Å². The van der Waals surface area contributed by atoms with Crippen molar-refractivity contribution in [2.45, 2.75) is 44.9 Å². The van der Waals surface area contributed by atoms with Gasteiger partial charge in [-0.1, -0.05) is 65.8 Å². The molecule has 0 fully saturated rings. The Morgan fingerprint density at radius 3 is 2.23 bits per heavy atom. The zero-order chi connectivity index (χ0) is 18.6. The van der Waals surface area contributed by atoms with Crippen LogP contribution in [0.5, 0.6) is 0 Å². The summed E-state index contributed by atoms with van der Waals surface area (Å²) in [6, 6.07) is 20.4. The maximum atomic E-state index is 6.45. The van der Waals surface area contributed by atoms with Crippen LogP contribution < -0.4 is 0 Å². The van der Waals surface area contributed by atoms with Gasteiger partial charge in [-0.3, -0.25) is 0 Å². The Morgan fingerprint density at radius 1 is 1.04 bits per heavy atom. The molecule has 2 unspecified atom stereocenters. The molecule has 3 rings (SSSR count). The van der Waals surface area contributed by atoms with Crippen molar-refractivity contribution in [3.8, 4) is 0 Å². The zero-order valence-corrected chi connectivity index (χ0v) is 16.9. The summed E-state index contributed by atoms with van der Waals surface area (Å²) in [6.45, 7) is 8.85. The fourth-order valence-corrected chi connectivity index (χ4v) is 4.31. The Balaban J connectivity index is 2.04. The van der Waals surface area contributed by atoms with E-state index in [0.717, 1.165) is 16.8 Å². The molecule has 0 saturated heterocycles. The minimum atomic E-state index is -1.95. The molecule has 0 amide bonds. The lowest BCUT2D eigenvalue weighted by molar-refractivity contribution is -0.363. The van der Waals surface area contributed by atoms with E-state index in [1.807, 2.05) is 43.3 Å². The van der Waals surface area contributed by atoms with Crippen LogP contribution in [0.2, 0.25) is 19.6 Å². The van der Waals surface area contributed by atoms with Gasteiger partial charge in [0.05, 0.1) is 18.2 Å². The first-order valence-corrected chi connectivity index (χ1v) is 12.5. The molecule has 4 nitrogen and oxygen atoms in total. The van der Waals surface area contributed by atoms with Crippen molar-refractivity contribution in [2.75, 3.05) is 6.61 Å². The van der Waals surface area contributed by atoms with Crippen LogP contribution in [0.25, 0.3) is 0 Å². The van der Waals surface area contributed by atoms with Crippen molar-refractivity contribution < 1.29 is 14.0 Å². The molecular weight excluding hydrogens is 342 g/mol. The number of nitrogens with zero attached hydrogens (tertiary/aromatic N) is 1. The fraction of sp³-hybridized carbons (Fsp3) is 0.381. The van der Waals surface area contributed by atoms with E-state index in [4.69, 9.17) is 14.0 Å². The van der Waals surface area contributed by atoms with Crippen LogP contribution in [0.1, 0.15) is 30.4 Å². The lowest BCUT2D eigenvalue weighted by Crippen LogP contribution is -2.52. The minimum Gasteiger partial charge on any atom is -0.358 e. The summed E-state index contributed by atoms with van der Waals surface area (Å²) >= 11 is 0. The van der Waals surface area contributed by atoms with Crippen molar-refractivity contribution in [3.63, 3.8) is 0 Å². The molecule has 0 saturated carbocycles. The molecule has 2 atom stereocenters. The third-order valence-electron chi connectivity index (χ3n) is 4.21. The summed E-state index contributed by atoms with van der Waals surface area (Å²) in [5.41, 5.74) is 3.10. The Kier molecular flexibility index (Phi) is 5.60. The van der Waals surface area contributed by atoms with Crippen LogP contribution in [0.3, 0.4) is 0 Å². The Labute approximate surface area is 156 Å². The molecule has 5 heteroatoms. The quantitative estimate of drug-likeness (QED) is 0.523. The van der Waals surface area contributed by atoms with Crippen molar-refractivity contribution in [3.05, 3.63) is 71.8 Å². The van der Waals surface area contributed by atoms with Crippen molar-refractivity contribution in [1.29, 1.82) is 0 Å². The maximum Gasteiger partial charge on any atom is 0.348 e. The van der Waals surface area contributed by atoms with Gasteiger partial charge >= 0.3 is 5.97 Å². The Morgan fingerprint density at radius 2 is 1.65 bits per heavy atom.